The minimum absolute atomic E-state index is 0.154. The molecule has 3 rings (SSSR count). The lowest BCUT2D eigenvalue weighted by Gasteiger charge is -2.09. The van der Waals surface area contributed by atoms with Crippen LogP contribution in [0.1, 0.15) is 0 Å². The molecule has 0 amide bonds. The Morgan fingerprint density at radius 3 is 2.32 bits per heavy atom. The topological polar surface area (TPSA) is 50.7 Å². The van der Waals surface area contributed by atoms with E-state index in [0.717, 1.165) is 12.1 Å². The number of halogens is 3. The standard InChI is InChI=1S/C15H9ClF2N4/c16-12-8-13(21-14-10(17)2-1-3-11(14)18)22-15(20-12)9-4-6-19-7-5-9/h1-8H,(H,20,21,22). The summed E-state index contributed by atoms with van der Waals surface area (Å²) in [6, 6.07) is 8.39. The maximum atomic E-state index is 13.7. The molecule has 7 heteroatoms. The van der Waals surface area contributed by atoms with Gasteiger partial charge in [-0.2, -0.15) is 0 Å². The first kappa shape index (κ1) is 14.3. The molecule has 22 heavy (non-hydrogen) atoms. The van der Waals surface area contributed by atoms with Crippen LogP contribution >= 0.6 is 11.6 Å². The van der Waals surface area contributed by atoms with E-state index in [0.29, 0.717) is 11.4 Å². The SMILES string of the molecule is Fc1cccc(F)c1Nc1cc(Cl)nc(-c2ccncc2)n1. The maximum Gasteiger partial charge on any atom is 0.163 e. The van der Waals surface area contributed by atoms with Crippen molar-refractivity contribution in [2.24, 2.45) is 0 Å². The molecule has 2 aromatic heterocycles. The molecule has 1 N–H and O–H groups in total. The van der Waals surface area contributed by atoms with Gasteiger partial charge < -0.3 is 5.32 Å². The highest BCUT2D eigenvalue weighted by atomic mass is 35.5. The number of aromatic nitrogens is 3. The van der Waals surface area contributed by atoms with E-state index < -0.39 is 11.6 Å². The van der Waals surface area contributed by atoms with Gasteiger partial charge in [-0.15, -0.1) is 0 Å². The Labute approximate surface area is 129 Å². The van der Waals surface area contributed by atoms with Crippen molar-refractivity contribution < 1.29 is 8.78 Å². The molecule has 110 valence electrons. The Hall–Kier alpha value is -2.60. The summed E-state index contributed by atoms with van der Waals surface area (Å²) >= 11 is 5.95. The molecular weight excluding hydrogens is 310 g/mol. The highest BCUT2D eigenvalue weighted by Gasteiger charge is 2.11. The highest BCUT2D eigenvalue weighted by Crippen LogP contribution is 2.25. The number of pyridine rings is 1. The van der Waals surface area contributed by atoms with Gasteiger partial charge in [0.1, 0.15) is 28.3 Å². The average Bonchev–Trinajstić information content (AvgIpc) is 2.51. The molecule has 0 aliphatic heterocycles. The van der Waals surface area contributed by atoms with Crippen LogP contribution in [-0.2, 0) is 0 Å². The van der Waals surface area contributed by atoms with Crippen molar-refractivity contribution in [1.82, 2.24) is 15.0 Å². The maximum absolute atomic E-state index is 13.7. The van der Waals surface area contributed by atoms with Gasteiger partial charge in [0.15, 0.2) is 5.82 Å². The lowest BCUT2D eigenvalue weighted by atomic mass is 10.2. The van der Waals surface area contributed by atoms with Crippen LogP contribution in [0.3, 0.4) is 0 Å². The van der Waals surface area contributed by atoms with Crippen molar-refractivity contribution >= 4 is 23.1 Å². The molecule has 0 unspecified atom stereocenters. The zero-order valence-electron chi connectivity index (χ0n) is 11.1. The van der Waals surface area contributed by atoms with E-state index in [-0.39, 0.29) is 16.7 Å². The van der Waals surface area contributed by atoms with Gasteiger partial charge in [0.05, 0.1) is 0 Å². The number of nitrogens with one attached hydrogen (secondary N) is 1. The third-order valence-corrected chi connectivity index (χ3v) is 3.04. The molecule has 0 saturated heterocycles. The largest absolute Gasteiger partial charge is 0.335 e. The normalized spacial score (nSPS) is 10.5. The van der Waals surface area contributed by atoms with E-state index in [1.54, 1.807) is 24.5 Å². The van der Waals surface area contributed by atoms with Gasteiger partial charge in [0.25, 0.3) is 0 Å². The number of para-hydroxylation sites is 1. The van der Waals surface area contributed by atoms with E-state index in [1.165, 1.54) is 12.1 Å². The van der Waals surface area contributed by atoms with Crippen LogP contribution < -0.4 is 5.32 Å². The van der Waals surface area contributed by atoms with Crippen LogP contribution in [0.4, 0.5) is 20.3 Å². The van der Waals surface area contributed by atoms with Gasteiger partial charge in [-0.3, -0.25) is 4.98 Å². The van der Waals surface area contributed by atoms with E-state index in [2.05, 4.69) is 20.3 Å². The number of anilines is 2. The fourth-order valence-electron chi connectivity index (χ4n) is 1.86. The zero-order valence-corrected chi connectivity index (χ0v) is 11.9. The van der Waals surface area contributed by atoms with Crippen LogP contribution in [0.25, 0.3) is 11.4 Å². The summed E-state index contributed by atoms with van der Waals surface area (Å²) in [5.41, 5.74) is 0.396. The Bertz CT molecular complexity index is 792. The molecule has 0 aliphatic carbocycles. The van der Waals surface area contributed by atoms with Gasteiger partial charge in [-0.05, 0) is 24.3 Å². The van der Waals surface area contributed by atoms with E-state index >= 15 is 0 Å². The number of hydrogen-bond donors (Lipinski definition) is 1. The third kappa shape index (κ3) is 3.01. The van der Waals surface area contributed by atoms with Crippen LogP contribution in [0, 0.1) is 11.6 Å². The first-order valence-electron chi connectivity index (χ1n) is 6.29. The van der Waals surface area contributed by atoms with Crippen molar-refractivity contribution in [2.75, 3.05) is 5.32 Å². The Balaban J connectivity index is 2.00. The summed E-state index contributed by atoms with van der Waals surface area (Å²) < 4.78 is 27.3. The molecule has 1 aromatic carbocycles. The van der Waals surface area contributed by atoms with E-state index in [4.69, 9.17) is 11.6 Å². The van der Waals surface area contributed by atoms with Gasteiger partial charge in [-0.1, -0.05) is 17.7 Å². The molecule has 3 aromatic rings. The van der Waals surface area contributed by atoms with Crippen molar-refractivity contribution in [3.8, 4) is 11.4 Å². The predicted octanol–water partition coefficient (Wildman–Crippen LogP) is 4.21. The second-order valence-electron chi connectivity index (χ2n) is 4.36. The number of hydrogen-bond acceptors (Lipinski definition) is 4. The van der Waals surface area contributed by atoms with Crippen LogP contribution in [0.5, 0.6) is 0 Å². The van der Waals surface area contributed by atoms with E-state index in [1.807, 2.05) is 0 Å². The Morgan fingerprint density at radius 1 is 0.955 bits per heavy atom. The van der Waals surface area contributed by atoms with Crippen LogP contribution in [0.2, 0.25) is 5.15 Å². The fourth-order valence-corrected chi connectivity index (χ4v) is 2.04. The number of benzene rings is 1. The predicted molar refractivity (Wildman–Crippen MR) is 79.9 cm³/mol. The minimum atomic E-state index is -0.722. The van der Waals surface area contributed by atoms with Gasteiger partial charge in [0.2, 0.25) is 0 Å². The average molecular weight is 319 g/mol. The first-order chi connectivity index (χ1) is 10.6. The molecule has 0 atom stereocenters. The summed E-state index contributed by atoms with van der Waals surface area (Å²) in [7, 11) is 0. The molecule has 0 fully saturated rings. The quantitative estimate of drug-likeness (QED) is 0.735. The summed E-state index contributed by atoms with van der Waals surface area (Å²) in [6.45, 7) is 0. The second kappa shape index (κ2) is 6.03. The van der Waals surface area contributed by atoms with Crippen molar-refractivity contribution in [3.05, 3.63) is 65.6 Å². The fraction of sp³-hybridized carbons (Fsp3) is 0. The second-order valence-corrected chi connectivity index (χ2v) is 4.74. The smallest absolute Gasteiger partial charge is 0.163 e. The number of nitrogens with zero attached hydrogens (tertiary/aromatic N) is 3. The summed E-state index contributed by atoms with van der Waals surface area (Å²) in [6.07, 6.45) is 3.17. The van der Waals surface area contributed by atoms with E-state index in [9.17, 15) is 8.78 Å². The Morgan fingerprint density at radius 2 is 1.64 bits per heavy atom. The minimum Gasteiger partial charge on any atom is -0.335 e. The molecule has 0 bridgehead atoms. The molecule has 2 heterocycles. The van der Waals surface area contributed by atoms with Crippen molar-refractivity contribution in [1.29, 1.82) is 0 Å². The third-order valence-electron chi connectivity index (χ3n) is 2.85. The lowest BCUT2D eigenvalue weighted by Crippen LogP contribution is -2.01. The summed E-state index contributed by atoms with van der Waals surface area (Å²) in [4.78, 5) is 12.2. The molecule has 0 saturated carbocycles. The van der Waals surface area contributed by atoms with Crippen LogP contribution in [0.15, 0.2) is 48.8 Å². The lowest BCUT2D eigenvalue weighted by molar-refractivity contribution is 0.590. The van der Waals surface area contributed by atoms with Gasteiger partial charge >= 0.3 is 0 Å². The molecular formula is C15H9ClF2N4. The van der Waals surface area contributed by atoms with Crippen molar-refractivity contribution in [3.63, 3.8) is 0 Å². The number of rotatable bonds is 3. The Kier molecular flexibility index (Phi) is 3.93. The summed E-state index contributed by atoms with van der Waals surface area (Å²) in [5.74, 6) is -0.926. The van der Waals surface area contributed by atoms with Gasteiger partial charge in [0, 0.05) is 24.0 Å². The molecule has 4 nitrogen and oxygen atoms in total. The van der Waals surface area contributed by atoms with Gasteiger partial charge in [-0.25, -0.2) is 18.7 Å². The zero-order chi connectivity index (χ0) is 15.5. The monoisotopic (exact) mass is 318 g/mol. The van der Waals surface area contributed by atoms with Crippen molar-refractivity contribution in [2.45, 2.75) is 0 Å². The molecule has 0 radical (unpaired) electrons. The molecule has 0 aliphatic rings. The first-order valence-corrected chi connectivity index (χ1v) is 6.67. The van der Waals surface area contributed by atoms with Crippen LogP contribution in [-0.4, -0.2) is 15.0 Å². The molecule has 0 spiro atoms. The highest BCUT2D eigenvalue weighted by molar-refractivity contribution is 6.29. The summed E-state index contributed by atoms with van der Waals surface area (Å²) in [5, 5.41) is 2.74.